The molecule has 0 spiro atoms. The summed E-state index contributed by atoms with van der Waals surface area (Å²) in [6, 6.07) is 0. The predicted molar refractivity (Wildman–Crippen MR) is 41.6 cm³/mol. The number of ether oxygens (including phenoxy) is 3. The highest BCUT2D eigenvalue weighted by atomic mass is 16.6. The van der Waals surface area contributed by atoms with Crippen LogP contribution in [-0.4, -0.2) is 38.6 Å². The highest BCUT2D eigenvalue weighted by Crippen LogP contribution is 2.09. The molecule has 1 aliphatic heterocycles. The molecule has 0 aromatic heterocycles. The summed E-state index contributed by atoms with van der Waals surface area (Å²) in [6.45, 7) is 7.02. The molecule has 0 aromatic carbocycles. The van der Waals surface area contributed by atoms with Crippen molar-refractivity contribution in [3.05, 3.63) is 0 Å². The Bertz CT molecular complexity index is 102. The van der Waals surface area contributed by atoms with E-state index in [-0.39, 0.29) is 6.10 Å². The Balaban J connectivity index is 1.87. The lowest BCUT2D eigenvalue weighted by molar-refractivity contribution is -0.00849. The van der Waals surface area contributed by atoms with Gasteiger partial charge in [0.15, 0.2) is 0 Å². The Labute approximate surface area is 67.6 Å². The first-order valence-corrected chi connectivity index (χ1v) is 4.14. The minimum atomic E-state index is 0.194. The summed E-state index contributed by atoms with van der Waals surface area (Å²) in [7, 11) is 0. The van der Waals surface area contributed by atoms with Gasteiger partial charge in [-0.05, 0) is 13.8 Å². The van der Waals surface area contributed by atoms with E-state index in [2.05, 4.69) is 0 Å². The number of hydrogen-bond donors (Lipinski definition) is 0. The summed E-state index contributed by atoms with van der Waals surface area (Å²) in [6.07, 6.45) is 0.554. The molecule has 2 unspecified atom stereocenters. The van der Waals surface area contributed by atoms with Crippen molar-refractivity contribution in [3.8, 4) is 0 Å². The van der Waals surface area contributed by atoms with Gasteiger partial charge in [0.25, 0.3) is 0 Å². The molecule has 3 nitrogen and oxygen atoms in total. The van der Waals surface area contributed by atoms with Gasteiger partial charge in [-0.3, -0.25) is 0 Å². The quantitative estimate of drug-likeness (QED) is 0.539. The maximum atomic E-state index is 5.42. The third-order valence-corrected chi connectivity index (χ3v) is 1.53. The summed E-state index contributed by atoms with van der Waals surface area (Å²) >= 11 is 0. The topological polar surface area (TPSA) is 31.0 Å². The zero-order valence-corrected chi connectivity index (χ0v) is 7.21. The average molecular weight is 160 g/mol. The number of epoxide rings is 1. The molecule has 2 atom stereocenters. The van der Waals surface area contributed by atoms with Crippen LogP contribution in [0.15, 0.2) is 0 Å². The van der Waals surface area contributed by atoms with Crippen LogP contribution >= 0.6 is 0 Å². The molecule has 0 N–H and O–H groups in total. The van der Waals surface area contributed by atoms with Gasteiger partial charge in [-0.2, -0.15) is 0 Å². The monoisotopic (exact) mass is 160 g/mol. The molecule has 1 saturated heterocycles. The van der Waals surface area contributed by atoms with E-state index in [0.29, 0.717) is 19.3 Å². The second kappa shape index (κ2) is 4.70. The van der Waals surface area contributed by atoms with Crippen molar-refractivity contribution in [2.24, 2.45) is 0 Å². The third kappa shape index (κ3) is 4.35. The van der Waals surface area contributed by atoms with Crippen molar-refractivity contribution in [1.82, 2.24) is 0 Å². The summed E-state index contributed by atoms with van der Waals surface area (Å²) in [5.74, 6) is 0. The van der Waals surface area contributed by atoms with E-state index < -0.39 is 0 Å². The van der Waals surface area contributed by atoms with Gasteiger partial charge in [-0.1, -0.05) is 0 Å². The summed E-state index contributed by atoms with van der Waals surface area (Å²) in [4.78, 5) is 0. The Hall–Kier alpha value is -0.120. The Kier molecular flexibility index (Phi) is 3.83. The van der Waals surface area contributed by atoms with Crippen LogP contribution in [-0.2, 0) is 14.2 Å². The van der Waals surface area contributed by atoms with Crippen LogP contribution in [0.3, 0.4) is 0 Å². The molecule has 66 valence electrons. The van der Waals surface area contributed by atoms with Crippen LogP contribution in [0.25, 0.3) is 0 Å². The van der Waals surface area contributed by atoms with Crippen LogP contribution < -0.4 is 0 Å². The highest BCUT2D eigenvalue weighted by molar-refractivity contribution is 4.68. The molecule has 0 bridgehead atoms. The van der Waals surface area contributed by atoms with Crippen molar-refractivity contribution in [3.63, 3.8) is 0 Å². The van der Waals surface area contributed by atoms with Crippen LogP contribution in [0.5, 0.6) is 0 Å². The van der Waals surface area contributed by atoms with E-state index in [1.165, 1.54) is 0 Å². The van der Waals surface area contributed by atoms with Crippen molar-refractivity contribution in [2.45, 2.75) is 26.1 Å². The van der Waals surface area contributed by atoms with Crippen LogP contribution in [0.2, 0.25) is 0 Å². The van der Waals surface area contributed by atoms with Crippen molar-refractivity contribution < 1.29 is 14.2 Å². The summed E-state index contributed by atoms with van der Waals surface area (Å²) in [5.41, 5.74) is 0. The maximum absolute atomic E-state index is 5.42. The van der Waals surface area contributed by atoms with Crippen molar-refractivity contribution in [2.75, 3.05) is 26.4 Å². The molecular formula is C8H16O3. The van der Waals surface area contributed by atoms with Gasteiger partial charge in [0, 0.05) is 6.61 Å². The maximum Gasteiger partial charge on any atom is 0.104 e. The Morgan fingerprint density at radius 1 is 1.64 bits per heavy atom. The van der Waals surface area contributed by atoms with Gasteiger partial charge in [0.05, 0.1) is 25.9 Å². The standard InChI is InChI=1S/C8H16O3/c1-3-9-4-7(2)10-5-8-6-11-8/h7-8H,3-6H2,1-2H3. The molecule has 0 aromatic rings. The number of rotatable bonds is 6. The molecular weight excluding hydrogens is 144 g/mol. The van der Waals surface area contributed by atoms with Gasteiger partial charge < -0.3 is 14.2 Å². The molecule has 1 heterocycles. The van der Waals surface area contributed by atoms with E-state index in [4.69, 9.17) is 14.2 Å². The van der Waals surface area contributed by atoms with E-state index in [1.54, 1.807) is 0 Å². The lowest BCUT2D eigenvalue weighted by Gasteiger charge is -2.11. The fourth-order valence-corrected chi connectivity index (χ4v) is 0.768. The molecule has 1 aliphatic rings. The second-order valence-electron chi connectivity index (χ2n) is 2.76. The van der Waals surface area contributed by atoms with E-state index >= 15 is 0 Å². The third-order valence-electron chi connectivity index (χ3n) is 1.53. The molecule has 0 radical (unpaired) electrons. The largest absolute Gasteiger partial charge is 0.379 e. The van der Waals surface area contributed by atoms with Gasteiger partial charge >= 0.3 is 0 Å². The zero-order chi connectivity index (χ0) is 8.10. The van der Waals surface area contributed by atoms with E-state index in [1.807, 2.05) is 13.8 Å². The van der Waals surface area contributed by atoms with Crippen molar-refractivity contribution >= 4 is 0 Å². The first kappa shape index (κ1) is 8.97. The Morgan fingerprint density at radius 2 is 2.36 bits per heavy atom. The fourth-order valence-electron chi connectivity index (χ4n) is 0.768. The molecule has 0 saturated carbocycles. The lowest BCUT2D eigenvalue weighted by Crippen LogP contribution is -2.18. The number of hydrogen-bond acceptors (Lipinski definition) is 3. The molecule has 0 amide bonds. The van der Waals surface area contributed by atoms with Crippen LogP contribution in [0, 0.1) is 0 Å². The second-order valence-corrected chi connectivity index (χ2v) is 2.76. The minimum Gasteiger partial charge on any atom is -0.379 e. The summed E-state index contributed by atoms with van der Waals surface area (Å²) in [5, 5.41) is 0. The van der Waals surface area contributed by atoms with Gasteiger partial charge in [0.1, 0.15) is 6.10 Å². The molecule has 1 rings (SSSR count). The highest BCUT2D eigenvalue weighted by Gasteiger charge is 2.23. The van der Waals surface area contributed by atoms with Gasteiger partial charge in [0.2, 0.25) is 0 Å². The van der Waals surface area contributed by atoms with Gasteiger partial charge in [-0.15, -0.1) is 0 Å². The normalized spacial score (nSPS) is 25.1. The van der Waals surface area contributed by atoms with E-state index in [0.717, 1.165) is 13.2 Å². The lowest BCUT2D eigenvalue weighted by atomic mass is 10.4. The molecule has 3 heteroatoms. The Morgan fingerprint density at radius 3 is 2.91 bits per heavy atom. The molecule has 11 heavy (non-hydrogen) atoms. The molecule has 1 fully saturated rings. The van der Waals surface area contributed by atoms with Crippen molar-refractivity contribution in [1.29, 1.82) is 0 Å². The van der Waals surface area contributed by atoms with Crippen LogP contribution in [0.1, 0.15) is 13.8 Å². The first-order valence-electron chi connectivity index (χ1n) is 4.14. The average Bonchev–Trinajstić information content (AvgIpc) is 2.80. The van der Waals surface area contributed by atoms with E-state index in [9.17, 15) is 0 Å². The molecule has 0 aliphatic carbocycles. The first-order chi connectivity index (χ1) is 5.33. The zero-order valence-electron chi connectivity index (χ0n) is 7.21. The smallest absolute Gasteiger partial charge is 0.104 e. The van der Waals surface area contributed by atoms with Gasteiger partial charge in [-0.25, -0.2) is 0 Å². The van der Waals surface area contributed by atoms with Crippen LogP contribution in [0.4, 0.5) is 0 Å². The fraction of sp³-hybridized carbons (Fsp3) is 1.00. The predicted octanol–water partition coefficient (Wildman–Crippen LogP) is 0.827. The summed E-state index contributed by atoms with van der Waals surface area (Å²) < 4.78 is 15.6. The minimum absolute atomic E-state index is 0.194. The SMILES string of the molecule is CCOCC(C)OCC1CO1.